The Bertz CT molecular complexity index is 135. The molecule has 0 aromatic carbocycles. The van der Waals surface area contributed by atoms with Gasteiger partial charge in [-0.2, -0.15) is 17.0 Å². The van der Waals surface area contributed by atoms with Crippen molar-refractivity contribution >= 4 is 11.8 Å². The molecule has 0 radical (unpaired) electrons. The summed E-state index contributed by atoms with van der Waals surface area (Å²) in [6.07, 6.45) is 0. The minimum absolute atomic E-state index is 0.103. The zero-order valence-electron chi connectivity index (χ0n) is 6.87. The van der Waals surface area contributed by atoms with E-state index in [9.17, 15) is 0 Å². The topological polar surface area (TPSA) is 56.0 Å². The molecule has 0 heterocycles. The van der Waals surface area contributed by atoms with Crippen LogP contribution in [0.25, 0.3) is 0 Å². The first kappa shape index (κ1) is 10.8. The highest BCUT2D eigenvalue weighted by Crippen LogP contribution is 2.10. The largest absolute Gasteiger partial charge is 0.395 e. The Hall–Kier alpha value is -0.240. The van der Waals surface area contributed by atoms with Crippen molar-refractivity contribution in [3.05, 3.63) is 0 Å². The fourth-order valence-corrected chi connectivity index (χ4v) is 1.37. The molecule has 2 unspecified atom stereocenters. The van der Waals surface area contributed by atoms with Crippen molar-refractivity contribution in [2.75, 3.05) is 19.4 Å². The predicted octanol–water partition coefficient (Wildman–Crippen LogP) is 0.212. The molecule has 2 N–H and O–H groups in total. The van der Waals surface area contributed by atoms with E-state index in [0.717, 1.165) is 5.75 Å². The van der Waals surface area contributed by atoms with Gasteiger partial charge in [0.2, 0.25) is 0 Å². The van der Waals surface area contributed by atoms with Gasteiger partial charge in [-0.05, 0) is 7.05 Å². The molecule has 0 aliphatic heterocycles. The van der Waals surface area contributed by atoms with E-state index in [-0.39, 0.29) is 17.9 Å². The summed E-state index contributed by atoms with van der Waals surface area (Å²) in [5.74, 6) is 0.731. The number of hydrogen-bond donors (Lipinski definition) is 2. The number of thioether (sulfide) groups is 1. The molecule has 3 nitrogen and oxygen atoms in total. The third-order valence-corrected chi connectivity index (χ3v) is 2.55. The highest BCUT2D eigenvalue weighted by Gasteiger charge is 2.06. The first-order valence-electron chi connectivity index (χ1n) is 3.54. The van der Waals surface area contributed by atoms with E-state index in [1.807, 2.05) is 6.92 Å². The Morgan fingerprint density at radius 2 is 2.36 bits per heavy atom. The van der Waals surface area contributed by atoms with Gasteiger partial charge in [0.15, 0.2) is 0 Å². The lowest BCUT2D eigenvalue weighted by Crippen LogP contribution is -2.26. The number of hydrogen-bond acceptors (Lipinski definition) is 4. The van der Waals surface area contributed by atoms with Gasteiger partial charge < -0.3 is 10.4 Å². The Kier molecular flexibility index (Phi) is 6.33. The van der Waals surface area contributed by atoms with Crippen molar-refractivity contribution in [3.8, 4) is 6.07 Å². The van der Waals surface area contributed by atoms with Crippen LogP contribution >= 0.6 is 11.8 Å². The average molecular weight is 174 g/mol. The van der Waals surface area contributed by atoms with Crippen LogP contribution < -0.4 is 5.32 Å². The molecule has 0 aromatic heterocycles. The zero-order valence-corrected chi connectivity index (χ0v) is 7.69. The summed E-state index contributed by atoms with van der Waals surface area (Å²) in [4.78, 5) is 0. The van der Waals surface area contributed by atoms with E-state index in [1.165, 1.54) is 0 Å². The van der Waals surface area contributed by atoms with Crippen LogP contribution in [-0.4, -0.2) is 35.8 Å². The van der Waals surface area contributed by atoms with E-state index in [1.54, 1.807) is 18.8 Å². The van der Waals surface area contributed by atoms with Crippen LogP contribution in [0.15, 0.2) is 0 Å². The van der Waals surface area contributed by atoms with Gasteiger partial charge in [0, 0.05) is 11.0 Å². The first-order valence-corrected chi connectivity index (χ1v) is 4.58. The van der Waals surface area contributed by atoms with Crippen molar-refractivity contribution in [3.63, 3.8) is 0 Å². The number of aliphatic hydroxyl groups excluding tert-OH is 1. The minimum Gasteiger partial charge on any atom is -0.395 e. The zero-order chi connectivity index (χ0) is 8.69. The molecular weight excluding hydrogens is 160 g/mol. The van der Waals surface area contributed by atoms with Gasteiger partial charge in [0.05, 0.1) is 12.7 Å². The summed E-state index contributed by atoms with van der Waals surface area (Å²) in [7, 11) is 1.76. The standard InChI is InChI=1S/C7H14N2OS/c1-6(4-10)11-5-7(3-8)9-2/h6-7,9-10H,4-5H2,1-2H3. The van der Waals surface area contributed by atoms with Gasteiger partial charge >= 0.3 is 0 Å². The first-order chi connectivity index (χ1) is 5.24. The van der Waals surface area contributed by atoms with Gasteiger partial charge in [-0.3, -0.25) is 0 Å². The van der Waals surface area contributed by atoms with Gasteiger partial charge in [-0.1, -0.05) is 6.92 Å². The fraction of sp³-hybridized carbons (Fsp3) is 0.857. The molecule has 0 saturated carbocycles. The van der Waals surface area contributed by atoms with Crippen molar-refractivity contribution in [2.45, 2.75) is 18.2 Å². The summed E-state index contributed by atoms with van der Waals surface area (Å²) in [5, 5.41) is 20.3. The Morgan fingerprint density at radius 3 is 2.73 bits per heavy atom. The Morgan fingerprint density at radius 1 is 1.73 bits per heavy atom. The van der Waals surface area contributed by atoms with Crippen molar-refractivity contribution in [1.82, 2.24) is 5.32 Å². The number of nitrogens with zero attached hydrogens (tertiary/aromatic N) is 1. The molecule has 11 heavy (non-hydrogen) atoms. The highest BCUT2D eigenvalue weighted by molar-refractivity contribution is 7.99. The van der Waals surface area contributed by atoms with E-state index in [2.05, 4.69) is 11.4 Å². The summed E-state index contributed by atoms with van der Waals surface area (Å²) in [6, 6.07) is 2.01. The number of nitriles is 1. The van der Waals surface area contributed by atoms with Gasteiger partial charge in [-0.15, -0.1) is 0 Å². The van der Waals surface area contributed by atoms with Crippen molar-refractivity contribution in [2.24, 2.45) is 0 Å². The lowest BCUT2D eigenvalue weighted by Gasteiger charge is -2.10. The average Bonchev–Trinajstić information content (AvgIpc) is 2.06. The maximum Gasteiger partial charge on any atom is 0.104 e. The third kappa shape index (κ3) is 5.08. The molecule has 0 fully saturated rings. The normalized spacial score (nSPS) is 15.5. The van der Waals surface area contributed by atoms with Gasteiger partial charge in [0.1, 0.15) is 6.04 Å². The molecule has 4 heteroatoms. The summed E-state index contributed by atoms with van der Waals surface area (Å²) >= 11 is 1.60. The molecule has 0 aromatic rings. The SMILES string of the molecule is CNC(C#N)CSC(C)CO. The second kappa shape index (κ2) is 6.47. The second-order valence-corrected chi connectivity index (χ2v) is 3.77. The lowest BCUT2D eigenvalue weighted by molar-refractivity contribution is 0.300. The predicted molar refractivity (Wildman–Crippen MR) is 47.5 cm³/mol. The van der Waals surface area contributed by atoms with Crippen LogP contribution in [0.3, 0.4) is 0 Å². The van der Waals surface area contributed by atoms with Crippen LogP contribution in [0.4, 0.5) is 0 Å². The summed E-state index contributed by atoms with van der Waals surface area (Å²) in [6.45, 7) is 2.11. The molecule has 0 aliphatic rings. The van der Waals surface area contributed by atoms with E-state index < -0.39 is 0 Å². The molecule has 0 saturated heterocycles. The van der Waals surface area contributed by atoms with E-state index in [0.29, 0.717) is 0 Å². The quantitative estimate of drug-likeness (QED) is 0.625. The van der Waals surface area contributed by atoms with Crippen LogP contribution in [0.2, 0.25) is 0 Å². The lowest BCUT2D eigenvalue weighted by atomic mass is 10.4. The molecule has 0 bridgehead atoms. The molecular formula is C7H14N2OS. The maximum atomic E-state index is 8.67. The molecule has 0 rings (SSSR count). The fourth-order valence-electron chi connectivity index (χ4n) is 0.498. The molecule has 0 spiro atoms. The number of aliphatic hydroxyl groups is 1. The van der Waals surface area contributed by atoms with Crippen molar-refractivity contribution in [1.29, 1.82) is 5.26 Å². The van der Waals surface area contributed by atoms with E-state index in [4.69, 9.17) is 10.4 Å². The molecule has 64 valence electrons. The minimum atomic E-state index is -0.103. The van der Waals surface area contributed by atoms with Gasteiger partial charge in [0.25, 0.3) is 0 Å². The molecule has 2 atom stereocenters. The number of nitrogens with one attached hydrogen (secondary N) is 1. The van der Waals surface area contributed by atoms with Crippen LogP contribution in [0.5, 0.6) is 0 Å². The monoisotopic (exact) mass is 174 g/mol. The summed E-state index contributed by atoms with van der Waals surface area (Å²) in [5.41, 5.74) is 0. The molecule has 0 aliphatic carbocycles. The summed E-state index contributed by atoms with van der Waals surface area (Å²) < 4.78 is 0. The Labute approximate surface area is 71.8 Å². The third-order valence-electron chi connectivity index (χ3n) is 1.31. The Balaban J connectivity index is 3.44. The van der Waals surface area contributed by atoms with Crippen LogP contribution in [-0.2, 0) is 0 Å². The molecule has 0 amide bonds. The smallest absolute Gasteiger partial charge is 0.104 e. The van der Waals surface area contributed by atoms with Gasteiger partial charge in [-0.25, -0.2) is 0 Å². The maximum absolute atomic E-state index is 8.67. The number of rotatable bonds is 5. The van der Waals surface area contributed by atoms with E-state index >= 15 is 0 Å². The van der Waals surface area contributed by atoms with Crippen LogP contribution in [0.1, 0.15) is 6.92 Å². The van der Waals surface area contributed by atoms with Crippen LogP contribution in [0, 0.1) is 11.3 Å². The second-order valence-electron chi connectivity index (χ2n) is 2.30. The highest BCUT2D eigenvalue weighted by atomic mass is 32.2. The van der Waals surface area contributed by atoms with Crippen molar-refractivity contribution < 1.29 is 5.11 Å².